The molecule has 3 nitrogen and oxygen atoms in total. The van der Waals surface area contributed by atoms with Crippen LogP contribution in [0.15, 0.2) is 18.2 Å². The Labute approximate surface area is 116 Å². The Morgan fingerprint density at radius 2 is 1.79 bits per heavy atom. The summed E-state index contributed by atoms with van der Waals surface area (Å²) in [5.41, 5.74) is 4.37. The van der Waals surface area contributed by atoms with Crippen LogP contribution in [0.25, 0.3) is 0 Å². The van der Waals surface area contributed by atoms with Crippen molar-refractivity contribution in [2.24, 2.45) is 0 Å². The fourth-order valence-electron chi connectivity index (χ4n) is 3.17. The highest BCUT2D eigenvalue weighted by atomic mass is 15.2. The first-order valence-electron chi connectivity index (χ1n) is 7.60. The Balaban J connectivity index is 1.78. The van der Waals surface area contributed by atoms with Gasteiger partial charge in [0.05, 0.1) is 0 Å². The monoisotopic (exact) mass is 259 g/mol. The fourth-order valence-corrected chi connectivity index (χ4v) is 3.17. The Morgan fingerprint density at radius 1 is 1.05 bits per heavy atom. The van der Waals surface area contributed by atoms with Gasteiger partial charge in [-0.25, -0.2) is 0 Å². The fraction of sp³-hybridized carbons (Fsp3) is 0.625. The topological polar surface area (TPSA) is 18.5 Å². The van der Waals surface area contributed by atoms with Crippen molar-refractivity contribution in [1.29, 1.82) is 0 Å². The summed E-state index contributed by atoms with van der Waals surface area (Å²) >= 11 is 0. The first-order chi connectivity index (χ1) is 9.33. The first-order valence-corrected chi connectivity index (χ1v) is 7.60. The van der Waals surface area contributed by atoms with Crippen molar-refractivity contribution in [3.8, 4) is 0 Å². The number of nitrogens with zero attached hydrogens (tertiary/aromatic N) is 2. The molecule has 0 amide bonds. The summed E-state index contributed by atoms with van der Waals surface area (Å²) in [6.07, 6.45) is 2.70. The first kappa shape index (κ1) is 12.9. The molecule has 0 unspecified atom stereocenters. The average molecular weight is 259 g/mol. The van der Waals surface area contributed by atoms with Crippen molar-refractivity contribution >= 4 is 5.69 Å². The van der Waals surface area contributed by atoms with Gasteiger partial charge < -0.3 is 10.2 Å². The van der Waals surface area contributed by atoms with E-state index in [1.165, 1.54) is 55.8 Å². The van der Waals surface area contributed by atoms with Crippen LogP contribution in [0.2, 0.25) is 0 Å². The molecular weight excluding hydrogens is 234 g/mol. The van der Waals surface area contributed by atoms with Gasteiger partial charge in [-0.2, -0.15) is 0 Å². The molecule has 19 heavy (non-hydrogen) atoms. The third kappa shape index (κ3) is 3.10. The summed E-state index contributed by atoms with van der Waals surface area (Å²) in [6, 6.07) is 6.98. The number of aryl methyl sites for hydroxylation is 1. The quantitative estimate of drug-likeness (QED) is 0.896. The van der Waals surface area contributed by atoms with Gasteiger partial charge in [-0.3, -0.25) is 4.90 Å². The van der Waals surface area contributed by atoms with Gasteiger partial charge in [0.15, 0.2) is 0 Å². The molecule has 0 aliphatic carbocycles. The highest BCUT2D eigenvalue weighted by molar-refractivity contribution is 5.56. The molecule has 1 N–H and O–H groups in total. The molecule has 3 heteroatoms. The predicted molar refractivity (Wildman–Crippen MR) is 80.8 cm³/mol. The second-order valence-corrected chi connectivity index (χ2v) is 5.85. The number of benzene rings is 1. The molecule has 0 aromatic heterocycles. The molecule has 1 aromatic carbocycles. The summed E-state index contributed by atoms with van der Waals surface area (Å²) in [5.74, 6) is 0. The van der Waals surface area contributed by atoms with Gasteiger partial charge in [-0.05, 0) is 37.0 Å². The summed E-state index contributed by atoms with van der Waals surface area (Å²) in [4.78, 5) is 5.14. The molecule has 0 atom stereocenters. The van der Waals surface area contributed by atoms with Crippen molar-refractivity contribution in [2.45, 2.75) is 26.3 Å². The van der Waals surface area contributed by atoms with E-state index in [2.05, 4.69) is 40.2 Å². The highest BCUT2D eigenvalue weighted by Gasteiger charge is 2.18. The van der Waals surface area contributed by atoms with E-state index < -0.39 is 0 Å². The maximum Gasteiger partial charge on any atom is 0.0414 e. The van der Waals surface area contributed by atoms with Gasteiger partial charge in [0, 0.05) is 51.5 Å². The van der Waals surface area contributed by atoms with Crippen LogP contribution in [0, 0.1) is 6.92 Å². The Morgan fingerprint density at radius 3 is 2.53 bits per heavy atom. The van der Waals surface area contributed by atoms with Gasteiger partial charge in [-0.1, -0.05) is 12.1 Å². The van der Waals surface area contributed by atoms with Crippen LogP contribution in [-0.4, -0.2) is 44.2 Å². The lowest BCUT2D eigenvalue weighted by Crippen LogP contribution is -2.43. The van der Waals surface area contributed by atoms with E-state index in [0.29, 0.717) is 0 Å². The second-order valence-electron chi connectivity index (χ2n) is 5.85. The van der Waals surface area contributed by atoms with Gasteiger partial charge in [0.2, 0.25) is 0 Å². The molecule has 2 aliphatic heterocycles. The van der Waals surface area contributed by atoms with Crippen LogP contribution in [0.1, 0.15) is 24.0 Å². The van der Waals surface area contributed by atoms with Gasteiger partial charge >= 0.3 is 0 Å². The zero-order valence-corrected chi connectivity index (χ0v) is 12.0. The zero-order valence-electron chi connectivity index (χ0n) is 12.0. The van der Waals surface area contributed by atoms with Crippen LogP contribution in [0.4, 0.5) is 5.69 Å². The third-order valence-electron chi connectivity index (χ3n) is 4.29. The Kier molecular flexibility index (Phi) is 4.04. The summed E-state index contributed by atoms with van der Waals surface area (Å²) in [7, 11) is 0. The minimum atomic E-state index is 1.10. The molecule has 104 valence electrons. The van der Waals surface area contributed by atoms with Crippen LogP contribution in [0.5, 0.6) is 0 Å². The van der Waals surface area contributed by atoms with Crippen LogP contribution in [-0.2, 0) is 6.54 Å². The highest BCUT2D eigenvalue weighted by Crippen LogP contribution is 2.27. The molecule has 0 bridgehead atoms. The van der Waals surface area contributed by atoms with Crippen LogP contribution >= 0.6 is 0 Å². The molecule has 0 spiro atoms. The summed E-state index contributed by atoms with van der Waals surface area (Å²) in [5, 5.41) is 3.43. The molecule has 0 saturated carbocycles. The van der Waals surface area contributed by atoms with Crippen molar-refractivity contribution in [1.82, 2.24) is 10.2 Å². The number of nitrogens with one attached hydrogen (secondary N) is 1. The summed E-state index contributed by atoms with van der Waals surface area (Å²) in [6.45, 7) is 10.4. The summed E-state index contributed by atoms with van der Waals surface area (Å²) < 4.78 is 0. The van der Waals surface area contributed by atoms with E-state index in [0.717, 1.165) is 19.6 Å². The van der Waals surface area contributed by atoms with Crippen molar-refractivity contribution < 1.29 is 0 Å². The number of piperazine rings is 1. The van der Waals surface area contributed by atoms with Crippen molar-refractivity contribution in [3.05, 3.63) is 29.3 Å². The largest absolute Gasteiger partial charge is 0.371 e. The Bertz CT molecular complexity index is 418. The van der Waals surface area contributed by atoms with Crippen molar-refractivity contribution in [2.75, 3.05) is 44.2 Å². The van der Waals surface area contributed by atoms with E-state index in [-0.39, 0.29) is 0 Å². The molecule has 0 radical (unpaired) electrons. The lowest BCUT2D eigenvalue weighted by Gasteiger charge is -2.30. The Hall–Kier alpha value is -1.06. The molecular formula is C16H25N3. The van der Waals surface area contributed by atoms with Crippen LogP contribution in [0.3, 0.4) is 0 Å². The van der Waals surface area contributed by atoms with E-state index in [9.17, 15) is 0 Å². The predicted octanol–water partition coefficient (Wildman–Crippen LogP) is 2.00. The van der Waals surface area contributed by atoms with Gasteiger partial charge in [-0.15, -0.1) is 0 Å². The maximum absolute atomic E-state index is 3.43. The molecule has 2 saturated heterocycles. The maximum atomic E-state index is 3.43. The molecule has 1 aromatic rings. The molecule has 2 fully saturated rings. The van der Waals surface area contributed by atoms with Gasteiger partial charge in [0.25, 0.3) is 0 Å². The van der Waals surface area contributed by atoms with Crippen molar-refractivity contribution in [3.63, 3.8) is 0 Å². The van der Waals surface area contributed by atoms with E-state index in [1.807, 2.05) is 0 Å². The van der Waals surface area contributed by atoms with E-state index in [4.69, 9.17) is 0 Å². The number of hydrogen-bond acceptors (Lipinski definition) is 3. The minimum absolute atomic E-state index is 1.10. The minimum Gasteiger partial charge on any atom is -0.371 e. The normalized spacial score (nSPS) is 21.0. The molecule has 3 rings (SSSR count). The number of rotatable bonds is 3. The van der Waals surface area contributed by atoms with Gasteiger partial charge in [0.1, 0.15) is 0 Å². The second kappa shape index (κ2) is 5.93. The van der Waals surface area contributed by atoms with E-state index in [1.54, 1.807) is 0 Å². The SMILES string of the molecule is Cc1ccc(CN2CCNCC2)c(N2CCCC2)c1. The lowest BCUT2D eigenvalue weighted by atomic mass is 10.1. The standard InChI is InChI=1S/C16H25N3/c1-14-4-5-15(13-18-10-6-17-7-11-18)16(12-14)19-8-2-3-9-19/h4-5,12,17H,2-3,6-11,13H2,1H3. The smallest absolute Gasteiger partial charge is 0.0414 e. The average Bonchev–Trinajstić information content (AvgIpc) is 2.96. The molecule has 2 heterocycles. The zero-order chi connectivity index (χ0) is 13.1. The molecule has 2 aliphatic rings. The van der Waals surface area contributed by atoms with Crippen LogP contribution < -0.4 is 10.2 Å². The number of hydrogen-bond donors (Lipinski definition) is 1. The third-order valence-corrected chi connectivity index (χ3v) is 4.29. The van der Waals surface area contributed by atoms with E-state index >= 15 is 0 Å². The lowest BCUT2D eigenvalue weighted by molar-refractivity contribution is 0.233. The number of anilines is 1.